The van der Waals surface area contributed by atoms with Crippen molar-refractivity contribution in [2.45, 2.75) is 6.92 Å². The normalized spacial score (nSPS) is 22.5. The van der Waals surface area contributed by atoms with Crippen LogP contribution in [0.5, 0.6) is 0 Å². The molecule has 0 radical (unpaired) electrons. The highest BCUT2D eigenvalue weighted by molar-refractivity contribution is 5.46. The first-order valence-corrected chi connectivity index (χ1v) is 5.47. The van der Waals surface area contributed by atoms with Crippen molar-refractivity contribution in [3.05, 3.63) is 30.1 Å². The van der Waals surface area contributed by atoms with Gasteiger partial charge >= 0.3 is 0 Å². The molecule has 0 spiro atoms. The molecular formula is C12H17FN2. The number of rotatable bonds is 1. The first-order valence-electron chi connectivity index (χ1n) is 5.47. The summed E-state index contributed by atoms with van der Waals surface area (Å²) in [5.41, 5.74) is 0.991. The molecule has 1 saturated heterocycles. The fraction of sp³-hybridized carbons (Fsp3) is 0.500. The third-order valence-electron chi connectivity index (χ3n) is 2.76. The van der Waals surface area contributed by atoms with Gasteiger partial charge < -0.3 is 10.2 Å². The molecule has 2 nitrogen and oxygen atoms in total. The highest BCUT2D eigenvalue weighted by Crippen LogP contribution is 2.17. The molecule has 1 aliphatic heterocycles. The van der Waals surface area contributed by atoms with Gasteiger partial charge in [-0.15, -0.1) is 0 Å². The number of anilines is 1. The highest BCUT2D eigenvalue weighted by atomic mass is 19.1. The van der Waals surface area contributed by atoms with E-state index < -0.39 is 0 Å². The van der Waals surface area contributed by atoms with Crippen molar-refractivity contribution in [2.24, 2.45) is 5.92 Å². The predicted octanol–water partition coefficient (Wildman–Crippen LogP) is 1.87. The zero-order valence-corrected chi connectivity index (χ0v) is 9.04. The van der Waals surface area contributed by atoms with Gasteiger partial charge in [0.2, 0.25) is 0 Å². The van der Waals surface area contributed by atoms with Crippen molar-refractivity contribution in [3.63, 3.8) is 0 Å². The Morgan fingerprint density at radius 1 is 1.47 bits per heavy atom. The molecular weight excluding hydrogens is 191 g/mol. The zero-order valence-electron chi connectivity index (χ0n) is 9.04. The maximum Gasteiger partial charge on any atom is 0.125 e. The molecule has 0 aliphatic carbocycles. The van der Waals surface area contributed by atoms with Gasteiger partial charge in [0.05, 0.1) is 0 Å². The molecule has 2 rings (SSSR count). The Bertz CT molecular complexity index is 327. The van der Waals surface area contributed by atoms with Crippen LogP contribution in [0.15, 0.2) is 24.3 Å². The standard InChI is InChI=1S/C12H17FN2/c1-10-8-14-5-6-15(9-10)12-4-2-3-11(13)7-12/h2-4,7,10,14H,5-6,8-9H2,1H3. The van der Waals surface area contributed by atoms with Crippen molar-refractivity contribution >= 4 is 5.69 Å². The summed E-state index contributed by atoms with van der Waals surface area (Å²) in [4.78, 5) is 2.24. The van der Waals surface area contributed by atoms with Crippen LogP contribution in [-0.4, -0.2) is 26.2 Å². The number of hydrogen-bond acceptors (Lipinski definition) is 2. The lowest BCUT2D eigenvalue weighted by atomic mass is 10.1. The van der Waals surface area contributed by atoms with E-state index in [0.29, 0.717) is 5.92 Å². The molecule has 3 heteroatoms. The summed E-state index contributed by atoms with van der Waals surface area (Å²) in [7, 11) is 0. The second-order valence-electron chi connectivity index (χ2n) is 4.24. The molecule has 0 saturated carbocycles. The van der Waals surface area contributed by atoms with Crippen LogP contribution >= 0.6 is 0 Å². The van der Waals surface area contributed by atoms with Crippen molar-refractivity contribution < 1.29 is 4.39 Å². The number of halogens is 1. The lowest BCUT2D eigenvalue weighted by Gasteiger charge is -2.24. The Morgan fingerprint density at radius 2 is 2.33 bits per heavy atom. The van der Waals surface area contributed by atoms with Crippen LogP contribution in [0.4, 0.5) is 10.1 Å². The van der Waals surface area contributed by atoms with Crippen LogP contribution < -0.4 is 10.2 Å². The van der Waals surface area contributed by atoms with E-state index in [1.54, 1.807) is 12.1 Å². The van der Waals surface area contributed by atoms with Gasteiger partial charge in [0.1, 0.15) is 5.82 Å². The first kappa shape index (κ1) is 10.4. The smallest absolute Gasteiger partial charge is 0.125 e. The van der Waals surface area contributed by atoms with Crippen molar-refractivity contribution in [1.29, 1.82) is 0 Å². The largest absolute Gasteiger partial charge is 0.370 e. The summed E-state index contributed by atoms with van der Waals surface area (Å²) >= 11 is 0. The molecule has 1 aliphatic rings. The molecule has 1 unspecified atom stereocenters. The van der Waals surface area contributed by atoms with Crippen LogP contribution in [0.3, 0.4) is 0 Å². The molecule has 1 N–H and O–H groups in total. The Kier molecular flexibility index (Phi) is 3.21. The van der Waals surface area contributed by atoms with Crippen molar-refractivity contribution in [1.82, 2.24) is 5.32 Å². The lowest BCUT2D eigenvalue weighted by Crippen LogP contribution is -2.29. The molecule has 1 atom stereocenters. The Labute approximate surface area is 90.1 Å². The van der Waals surface area contributed by atoms with Crippen LogP contribution in [0.25, 0.3) is 0 Å². The number of benzene rings is 1. The average molecular weight is 208 g/mol. The second kappa shape index (κ2) is 4.62. The fourth-order valence-corrected chi connectivity index (χ4v) is 2.00. The van der Waals surface area contributed by atoms with Gasteiger partial charge in [0, 0.05) is 25.3 Å². The average Bonchev–Trinajstić information content (AvgIpc) is 2.43. The molecule has 1 aromatic rings. The second-order valence-corrected chi connectivity index (χ2v) is 4.24. The van der Waals surface area contributed by atoms with Crippen LogP contribution in [-0.2, 0) is 0 Å². The van der Waals surface area contributed by atoms with Crippen molar-refractivity contribution in [3.8, 4) is 0 Å². The number of hydrogen-bond donors (Lipinski definition) is 1. The minimum absolute atomic E-state index is 0.155. The van der Waals surface area contributed by atoms with E-state index in [1.807, 2.05) is 6.07 Å². The molecule has 0 amide bonds. The molecule has 0 aromatic heterocycles. The maximum atomic E-state index is 13.1. The van der Waals surface area contributed by atoms with E-state index in [4.69, 9.17) is 0 Å². The SMILES string of the molecule is CC1CNCCN(c2cccc(F)c2)C1. The molecule has 0 bridgehead atoms. The molecule has 1 fully saturated rings. The van der Waals surface area contributed by atoms with Crippen LogP contribution in [0, 0.1) is 11.7 Å². The summed E-state index contributed by atoms with van der Waals surface area (Å²) < 4.78 is 13.1. The van der Waals surface area contributed by atoms with Gasteiger partial charge in [-0.2, -0.15) is 0 Å². The number of nitrogens with one attached hydrogen (secondary N) is 1. The van der Waals surface area contributed by atoms with Gasteiger partial charge in [0.15, 0.2) is 0 Å². The van der Waals surface area contributed by atoms with Gasteiger partial charge in [-0.3, -0.25) is 0 Å². The van der Waals surface area contributed by atoms with E-state index in [2.05, 4.69) is 17.1 Å². The van der Waals surface area contributed by atoms with E-state index in [0.717, 1.165) is 31.9 Å². The van der Waals surface area contributed by atoms with Crippen LogP contribution in [0.1, 0.15) is 6.92 Å². The maximum absolute atomic E-state index is 13.1. The van der Waals surface area contributed by atoms with Gasteiger partial charge in [-0.05, 0) is 30.7 Å². The van der Waals surface area contributed by atoms with Gasteiger partial charge in [-0.25, -0.2) is 4.39 Å². The molecule has 1 aromatic carbocycles. The Morgan fingerprint density at radius 3 is 3.13 bits per heavy atom. The number of nitrogens with zero attached hydrogens (tertiary/aromatic N) is 1. The first-order chi connectivity index (χ1) is 7.25. The summed E-state index contributed by atoms with van der Waals surface area (Å²) in [5.74, 6) is 0.452. The van der Waals surface area contributed by atoms with Crippen molar-refractivity contribution in [2.75, 3.05) is 31.1 Å². The Balaban J connectivity index is 2.14. The van der Waals surface area contributed by atoms with Gasteiger partial charge in [0.25, 0.3) is 0 Å². The quantitative estimate of drug-likeness (QED) is 0.758. The minimum atomic E-state index is -0.155. The fourth-order valence-electron chi connectivity index (χ4n) is 2.00. The highest BCUT2D eigenvalue weighted by Gasteiger charge is 2.14. The Hall–Kier alpha value is -1.09. The van der Waals surface area contributed by atoms with Crippen LogP contribution in [0.2, 0.25) is 0 Å². The zero-order chi connectivity index (χ0) is 10.7. The van der Waals surface area contributed by atoms with E-state index in [1.165, 1.54) is 6.07 Å². The van der Waals surface area contributed by atoms with E-state index in [-0.39, 0.29) is 5.82 Å². The summed E-state index contributed by atoms with van der Waals surface area (Å²) in [5, 5.41) is 3.38. The molecule has 82 valence electrons. The topological polar surface area (TPSA) is 15.3 Å². The lowest BCUT2D eigenvalue weighted by molar-refractivity contribution is 0.563. The van der Waals surface area contributed by atoms with Gasteiger partial charge in [-0.1, -0.05) is 13.0 Å². The third kappa shape index (κ3) is 2.69. The summed E-state index contributed by atoms with van der Waals surface area (Å²) in [6.45, 7) is 6.18. The summed E-state index contributed by atoms with van der Waals surface area (Å²) in [6, 6.07) is 6.84. The third-order valence-corrected chi connectivity index (χ3v) is 2.76. The van der Waals surface area contributed by atoms with E-state index in [9.17, 15) is 4.39 Å². The molecule has 1 heterocycles. The summed E-state index contributed by atoms with van der Waals surface area (Å²) in [6.07, 6.45) is 0. The van der Waals surface area contributed by atoms with E-state index >= 15 is 0 Å². The minimum Gasteiger partial charge on any atom is -0.370 e. The molecule has 15 heavy (non-hydrogen) atoms. The monoisotopic (exact) mass is 208 g/mol. The predicted molar refractivity (Wildman–Crippen MR) is 60.6 cm³/mol.